The van der Waals surface area contributed by atoms with Crippen molar-refractivity contribution < 1.29 is 8.42 Å². The Balaban J connectivity index is 1.32. The molecule has 1 aromatic heterocycles. The summed E-state index contributed by atoms with van der Waals surface area (Å²) in [5.41, 5.74) is 3.06. The van der Waals surface area contributed by atoms with Crippen molar-refractivity contribution in [2.45, 2.75) is 11.4 Å². The summed E-state index contributed by atoms with van der Waals surface area (Å²) in [4.78, 5) is 14.2. The average Bonchev–Trinajstić information content (AvgIpc) is 2.87. The summed E-state index contributed by atoms with van der Waals surface area (Å²) in [6.45, 7) is 3.75. The van der Waals surface area contributed by atoms with Gasteiger partial charge in [0.2, 0.25) is 16.0 Å². The zero-order valence-electron chi connectivity index (χ0n) is 18.6. The lowest BCUT2D eigenvalue weighted by Gasteiger charge is -2.36. The number of aromatic nitrogens is 2. The molecule has 0 bridgehead atoms. The first-order valence-electron chi connectivity index (χ1n) is 11.1. The van der Waals surface area contributed by atoms with Gasteiger partial charge in [0.15, 0.2) is 0 Å². The number of anilines is 3. The van der Waals surface area contributed by atoms with Gasteiger partial charge in [-0.3, -0.25) is 0 Å². The molecule has 3 aromatic carbocycles. The highest BCUT2D eigenvalue weighted by molar-refractivity contribution is 7.89. The van der Waals surface area contributed by atoms with E-state index in [1.54, 1.807) is 24.3 Å². The van der Waals surface area contributed by atoms with E-state index in [1.807, 2.05) is 42.5 Å². The summed E-state index contributed by atoms with van der Waals surface area (Å²) in [5, 5.41) is 9.69. The molecule has 1 fully saturated rings. The van der Waals surface area contributed by atoms with Gasteiger partial charge in [0.25, 0.3) is 0 Å². The normalized spacial score (nSPS) is 14.4. The third-order valence-corrected chi connectivity index (χ3v) is 6.92. The Bertz CT molecular complexity index is 1390. The zero-order chi connectivity index (χ0) is 23.5. The fraction of sp³-hybridized carbons (Fsp3) is 0.200. The minimum atomic E-state index is -3.69. The Hall–Kier alpha value is -3.69. The number of hydrogen-bond acceptors (Lipinski definition) is 7. The summed E-state index contributed by atoms with van der Waals surface area (Å²) in [7, 11) is -3.69. The van der Waals surface area contributed by atoms with Crippen molar-refractivity contribution in [3.05, 3.63) is 84.4 Å². The molecule has 0 spiro atoms. The molecule has 0 unspecified atom stereocenters. The monoisotopic (exact) mass is 474 g/mol. The highest BCUT2D eigenvalue weighted by Gasteiger charge is 2.21. The maximum Gasteiger partial charge on any atom is 0.238 e. The van der Waals surface area contributed by atoms with Gasteiger partial charge in [0.1, 0.15) is 5.82 Å². The van der Waals surface area contributed by atoms with Gasteiger partial charge >= 0.3 is 0 Å². The molecule has 0 atom stereocenters. The van der Waals surface area contributed by atoms with Gasteiger partial charge in [-0.15, -0.1) is 0 Å². The van der Waals surface area contributed by atoms with Crippen LogP contribution in [0.4, 0.5) is 17.5 Å². The summed E-state index contributed by atoms with van der Waals surface area (Å²) >= 11 is 0. The second-order valence-electron chi connectivity index (χ2n) is 8.24. The van der Waals surface area contributed by atoms with Gasteiger partial charge in [-0.2, -0.15) is 4.98 Å². The van der Waals surface area contributed by atoms with Crippen molar-refractivity contribution in [2.75, 3.05) is 41.3 Å². The Morgan fingerprint density at radius 1 is 0.794 bits per heavy atom. The largest absolute Gasteiger partial charge is 0.368 e. The highest BCUT2D eigenvalue weighted by atomic mass is 32.2. The fourth-order valence-electron chi connectivity index (χ4n) is 4.13. The lowest BCUT2D eigenvalue weighted by Crippen LogP contribution is -2.47. The minimum Gasteiger partial charge on any atom is -0.368 e. The number of sulfonamides is 1. The Morgan fingerprint density at radius 2 is 1.44 bits per heavy atom. The summed E-state index contributed by atoms with van der Waals surface area (Å²) in [6, 6.07) is 25.0. The van der Waals surface area contributed by atoms with Crippen LogP contribution in [0.1, 0.15) is 5.56 Å². The molecular weight excluding hydrogens is 448 g/mol. The number of nitrogens with two attached hydrogens (primary N) is 1. The van der Waals surface area contributed by atoms with Crippen LogP contribution in [0.3, 0.4) is 0 Å². The number of fused-ring (bicyclic) bond motifs is 1. The van der Waals surface area contributed by atoms with Crippen molar-refractivity contribution in [3.8, 4) is 0 Å². The standard InChI is InChI=1S/C25H26N6O2S/c26-34(32,33)21-12-10-20(11-13-21)30-14-16-31(17-15-30)25-28-23-9-5-4-8-22(23)24(29-25)27-18-19-6-2-1-3-7-19/h1-13H,14-18H2,(H2,26,32,33)(H,27,28,29). The van der Waals surface area contributed by atoms with Gasteiger partial charge in [-0.1, -0.05) is 42.5 Å². The van der Waals surface area contributed by atoms with Gasteiger partial charge < -0.3 is 15.1 Å². The van der Waals surface area contributed by atoms with Crippen molar-refractivity contribution in [1.82, 2.24) is 9.97 Å². The summed E-state index contributed by atoms with van der Waals surface area (Å²) < 4.78 is 23.0. The van der Waals surface area contributed by atoms with Crippen LogP contribution in [0.5, 0.6) is 0 Å². The van der Waals surface area contributed by atoms with E-state index in [1.165, 1.54) is 5.56 Å². The lowest BCUT2D eigenvalue weighted by molar-refractivity contribution is 0.597. The van der Waals surface area contributed by atoms with Crippen molar-refractivity contribution in [2.24, 2.45) is 5.14 Å². The molecule has 5 rings (SSSR count). The Labute approximate surface area is 199 Å². The predicted molar refractivity (Wildman–Crippen MR) is 136 cm³/mol. The Kier molecular flexibility index (Phi) is 6.04. The molecule has 0 amide bonds. The first-order chi connectivity index (χ1) is 16.5. The number of hydrogen-bond donors (Lipinski definition) is 2. The molecule has 2 heterocycles. The van der Waals surface area contributed by atoms with E-state index >= 15 is 0 Å². The van der Waals surface area contributed by atoms with Crippen LogP contribution in [0.2, 0.25) is 0 Å². The molecule has 1 saturated heterocycles. The van der Waals surface area contributed by atoms with Gasteiger partial charge in [-0.05, 0) is 42.0 Å². The number of piperazine rings is 1. The van der Waals surface area contributed by atoms with Crippen LogP contribution in [-0.2, 0) is 16.6 Å². The number of nitrogens with zero attached hydrogens (tertiary/aromatic N) is 4. The molecule has 0 radical (unpaired) electrons. The van der Waals surface area contributed by atoms with Crippen LogP contribution in [0.15, 0.2) is 83.8 Å². The third kappa shape index (κ3) is 4.80. The third-order valence-electron chi connectivity index (χ3n) is 5.99. The molecular formula is C25H26N6O2S. The zero-order valence-corrected chi connectivity index (χ0v) is 19.4. The van der Waals surface area contributed by atoms with Gasteiger partial charge in [0, 0.05) is 43.8 Å². The number of nitrogens with one attached hydrogen (secondary N) is 1. The van der Waals surface area contributed by atoms with E-state index < -0.39 is 10.0 Å². The van der Waals surface area contributed by atoms with E-state index in [0.29, 0.717) is 12.5 Å². The van der Waals surface area contributed by atoms with Crippen LogP contribution in [0.25, 0.3) is 10.9 Å². The molecule has 3 N–H and O–H groups in total. The predicted octanol–water partition coefficient (Wildman–Crippen LogP) is 3.22. The molecule has 4 aromatic rings. The first kappa shape index (κ1) is 22.1. The number of para-hydroxylation sites is 1. The maximum absolute atomic E-state index is 11.5. The number of rotatable bonds is 6. The van der Waals surface area contributed by atoms with E-state index in [2.05, 4.69) is 27.2 Å². The SMILES string of the molecule is NS(=O)(=O)c1ccc(N2CCN(c3nc(NCc4ccccc4)c4ccccc4n3)CC2)cc1. The molecule has 1 aliphatic rings. The van der Waals surface area contributed by atoms with E-state index in [-0.39, 0.29) is 4.90 Å². The summed E-state index contributed by atoms with van der Waals surface area (Å²) in [6.07, 6.45) is 0. The minimum absolute atomic E-state index is 0.120. The molecule has 8 nitrogen and oxygen atoms in total. The van der Waals surface area contributed by atoms with Crippen molar-refractivity contribution >= 4 is 38.4 Å². The first-order valence-corrected chi connectivity index (χ1v) is 12.7. The molecule has 174 valence electrons. The molecule has 34 heavy (non-hydrogen) atoms. The van der Waals surface area contributed by atoms with E-state index in [0.717, 1.165) is 48.6 Å². The molecule has 0 saturated carbocycles. The second kappa shape index (κ2) is 9.28. The number of benzene rings is 3. The van der Waals surface area contributed by atoms with Gasteiger partial charge in [-0.25, -0.2) is 18.5 Å². The van der Waals surface area contributed by atoms with Crippen LogP contribution < -0.4 is 20.3 Å². The van der Waals surface area contributed by atoms with Crippen molar-refractivity contribution in [3.63, 3.8) is 0 Å². The van der Waals surface area contributed by atoms with Crippen molar-refractivity contribution in [1.29, 1.82) is 0 Å². The number of primary sulfonamides is 1. The van der Waals surface area contributed by atoms with E-state index in [4.69, 9.17) is 15.1 Å². The second-order valence-corrected chi connectivity index (χ2v) is 9.80. The molecule has 1 aliphatic heterocycles. The topological polar surface area (TPSA) is 104 Å². The van der Waals surface area contributed by atoms with E-state index in [9.17, 15) is 8.42 Å². The van der Waals surface area contributed by atoms with Crippen LogP contribution in [0, 0.1) is 0 Å². The fourth-order valence-corrected chi connectivity index (χ4v) is 4.65. The maximum atomic E-state index is 11.5. The molecule has 0 aliphatic carbocycles. The highest BCUT2D eigenvalue weighted by Crippen LogP contribution is 2.26. The van der Waals surface area contributed by atoms with Crippen LogP contribution in [-0.4, -0.2) is 44.6 Å². The van der Waals surface area contributed by atoms with Gasteiger partial charge in [0.05, 0.1) is 10.4 Å². The lowest BCUT2D eigenvalue weighted by atomic mass is 10.2. The average molecular weight is 475 g/mol. The molecule has 9 heteroatoms. The Morgan fingerprint density at radius 3 is 2.15 bits per heavy atom. The van der Waals surface area contributed by atoms with Crippen LogP contribution >= 0.6 is 0 Å². The smallest absolute Gasteiger partial charge is 0.238 e. The quantitative estimate of drug-likeness (QED) is 0.442. The summed E-state index contributed by atoms with van der Waals surface area (Å²) in [5.74, 6) is 1.53.